The van der Waals surface area contributed by atoms with E-state index in [1.807, 2.05) is 22.6 Å². The second kappa shape index (κ2) is 6.49. The molecule has 108 valence electrons. The Bertz CT molecular complexity index is 527. The quantitative estimate of drug-likeness (QED) is 0.487. The summed E-state index contributed by atoms with van der Waals surface area (Å²) in [6.07, 6.45) is 1.54. The zero-order chi connectivity index (χ0) is 14.7. The molecular formula is C13H15IN2O4. The van der Waals surface area contributed by atoms with Crippen molar-refractivity contribution in [2.24, 2.45) is 5.92 Å². The van der Waals surface area contributed by atoms with Crippen LogP contribution in [0.4, 0.5) is 5.69 Å². The predicted molar refractivity (Wildman–Crippen MR) is 81.5 cm³/mol. The number of halogens is 1. The van der Waals surface area contributed by atoms with Gasteiger partial charge in [0.2, 0.25) is 0 Å². The van der Waals surface area contributed by atoms with Crippen molar-refractivity contribution >= 4 is 34.2 Å². The molecule has 1 saturated heterocycles. The van der Waals surface area contributed by atoms with Crippen LogP contribution in [0.3, 0.4) is 0 Å². The monoisotopic (exact) mass is 390 g/mol. The molecule has 1 aliphatic heterocycles. The Kier molecular flexibility index (Phi) is 4.92. The highest BCUT2D eigenvalue weighted by Crippen LogP contribution is 2.23. The van der Waals surface area contributed by atoms with Crippen molar-refractivity contribution < 1.29 is 14.8 Å². The molecule has 1 heterocycles. The molecule has 6 nitrogen and oxygen atoms in total. The maximum Gasteiger partial charge on any atom is 0.270 e. The molecule has 0 atom stereocenters. The van der Waals surface area contributed by atoms with Gasteiger partial charge in [0, 0.05) is 35.4 Å². The second-order valence-corrected chi connectivity index (χ2v) is 6.00. The summed E-state index contributed by atoms with van der Waals surface area (Å²) in [5, 5.41) is 19.9. The van der Waals surface area contributed by atoms with Gasteiger partial charge in [0.25, 0.3) is 11.6 Å². The van der Waals surface area contributed by atoms with Crippen LogP contribution in [0.5, 0.6) is 0 Å². The van der Waals surface area contributed by atoms with Gasteiger partial charge in [-0.25, -0.2) is 0 Å². The molecule has 0 radical (unpaired) electrons. The van der Waals surface area contributed by atoms with Crippen LogP contribution in [0.2, 0.25) is 0 Å². The number of aliphatic hydroxyl groups excluding tert-OH is 1. The number of aliphatic hydroxyl groups is 1. The lowest BCUT2D eigenvalue weighted by molar-refractivity contribution is -0.384. The highest BCUT2D eigenvalue weighted by atomic mass is 127. The summed E-state index contributed by atoms with van der Waals surface area (Å²) < 4.78 is 0.711. The average Bonchev–Trinajstić information content (AvgIpc) is 2.47. The Morgan fingerprint density at radius 2 is 2.10 bits per heavy atom. The maximum atomic E-state index is 12.4. The van der Waals surface area contributed by atoms with Crippen molar-refractivity contribution in [2.45, 2.75) is 12.8 Å². The molecule has 0 aliphatic carbocycles. The summed E-state index contributed by atoms with van der Waals surface area (Å²) in [4.78, 5) is 24.4. The molecule has 1 aliphatic rings. The fraction of sp³-hybridized carbons (Fsp3) is 0.462. The zero-order valence-corrected chi connectivity index (χ0v) is 12.9. The summed E-state index contributed by atoms with van der Waals surface area (Å²) in [5.74, 6) is 0.0812. The third-order valence-corrected chi connectivity index (χ3v) is 4.49. The minimum Gasteiger partial charge on any atom is -0.396 e. The van der Waals surface area contributed by atoms with Crippen LogP contribution in [-0.2, 0) is 0 Å². The molecule has 7 heteroatoms. The van der Waals surface area contributed by atoms with E-state index in [0.29, 0.717) is 22.2 Å². The van der Waals surface area contributed by atoms with Gasteiger partial charge < -0.3 is 10.0 Å². The van der Waals surface area contributed by atoms with Crippen molar-refractivity contribution in [2.75, 3.05) is 19.7 Å². The molecule has 0 aromatic heterocycles. The smallest absolute Gasteiger partial charge is 0.270 e. The lowest BCUT2D eigenvalue weighted by Crippen LogP contribution is -2.39. The van der Waals surface area contributed by atoms with Crippen LogP contribution < -0.4 is 0 Å². The van der Waals surface area contributed by atoms with E-state index in [1.165, 1.54) is 12.1 Å². The third-order valence-electron chi connectivity index (χ3n) is 3.55. The fourth-order valence-corrected chi connectivity index (χ4v) is 2.85. The molecule has 1 aromatic rings. The number of carbonyl (C=O) groups is 1. The highest BCUT2D eigenvalue weighted by Gasteiger charge is 2.25. The number of rotatable bonds is 3. The van der Waals surface area contributed by atoms with Gasteiger partial charge in [-0.2, -0.15) is 0 Å². The first-order valence-corrected chi connectivity index (χ1v) is 7.45. The van der Waals surface area contributed by atoms with Crippen LogP contribution in [0.25, 0.3) is 0 Å². The number of hydrogen-bond acceptors (Lipinski definition) is 4. The van der Waals surface area contributed by atoms with Gasteiger partial charge in [0.15, 0.2) is 0 Å². The molecule has 0 unspecified atom stereocenters. The molecule has 2 rings (SSSR count). The minimum absolute atomic E-state index is 0.0704. The number of likely N-dealkylation sites (tertiary alicyclic amines) is 1. The van der Waals surface area contributed by atoms with Gasteiger partial charge in [-0.15, -0.1) is 0 Å². The first kappa shape index (κ1) is 15.2. The number of non-ortho nitro benzene ring substituents is 1. The van der Waals surface area contributed by atoms with E-state index in [-0.39, 0.29) is 24.1 Å². The lowest BCUT2D eigenvalue weighted by atomic mass is 9.97. The molecule has 1 amide bonds. The Labute approximate surface area is 130 Å². The summed E-state index contributed by atoms with van der Waals surface area (Å²) in [7, 11) is 0. The fourth-order valence-electron chi connectivity index (χ4n) is 2.28. The molecule has 1 aromatic carbocycles. The van der Waals surface area contributed by atoms with Crippen molar-refractivity contribution in [3.05, 3.63) is 37.4 Å². The van der Waals surface area contributed by atoms with Gasteiger partial charge in [0.1, 0.15) is 0 Å². The molecule has 0 spiro atoms. The first-order chi connectivity index (χ1) is 9.52. The first-order valence-electron chi connectivity index (χ1n) is 6.37. The molecule has 0 saturated carbocycles. The van der Waals surface area contributed by atoms with Crippen molar-refractivity contribution in [1.29, 1.82) is 0 Å². The van der Waals surface area contributed by atoms with Crippen molar-refractivity contribution in [3.63, 3.8) is 0 Å². The van der Waals surface area contributed by atoms with E-state index >= 15 is 0 Å². The number of nitro benzene ring substituents is 1. The zero-order valence-electron chi connectivity index (χ0n) is 10.8. The van der Waals surface area contributed by atoms with Gasteiger partial charge in [-0.05, 0) is 47.4 Å². The van der Waals surface area contributed by atoms with E-state index in [1.54, 1.807) is 11.0 Å². The summed E-state index contributed by atoms with van der Waals surface area (Å²) in [5.41, 5.74) is 0.307. The highest BCUT2D eigenvalue weighted by molar-refractivity contribution is 14.1. The van der Waals surface area contributed by atoms with Gasteiger partial charge >= 0.3 is 0 Å². The van der Waals surface area contributed by atoms with Crippen molar-refractivity contribution in [1.82, 2.24) is 4.90 Å². The second-order valence-electron chi connectivity index (χ2n) is 4.84. The summed E-state index contributed by atoms with van der Waals surface area (Å²) in [6, 6.07) is 4.32. The van der Waals surface area contributed by atoms with Gasteiger partial charge in [-0.1, -0.05) is 0 Å². The van der Waals surface area contributed by atoms with E-state index in [0.717, 1.165) is 12.8 Å². The number of benzene rings is 1. The number of carbonyl (C=O) groups excluding carboxylic acids is 1. The summed E-state index contributed by atoms with van der Waals surface area (Å²) in [6.45, 7) is 1.32. The van der Waals surface area contributed by atoms with Gasteiger partial charge in [0.05, 0.1) is 10.5 Å². The van der Waals surface area contributed by atoms with Crippen LogP contribution in [0, 0.1) is 19.6 Å². The van der Waals surface area contributed by atoms with E-state index in [4.69, 9.17) is 5.11 Å². The van der Waals surface area contributed by atoms with Gasteiger partial charge in [-0.3, -0.25) is 14.9 Å². The standard InChI is InChI=1S/C13H15IN2O4/c14-12-2-1-10(16(19)20)7-11(12)13(18)15-5-3-9(8-17)4-6-15/h1-2,7,9,17H,3-6,8H2. The van der Waals surface area contributed by atoms with E-state index in [9.17, 15) is 14.9 Å². The topological polar surface area (TPSA) is 83.7 Å². The molecule has 1 fully saturated rings. The number of nitrogens with zero attached hydrogens (tertiary/aromatic N) is 2. The predicted octanol–water partition coefficient (Wildman–Crippen LogP) is 2.04. The number of nitro groups is 1. The average molecular weight is 390 g/mol. The van der Waals surface area contributed by atoms with E-state index < -0.39 is 4.92 Å². The summed E-state index contributed by atoms with van der Waals surface area (Å²) >= 11 is 2.01. The molecular weight excluding hydrogens is 375 g/mol. The number of hydrogen-bond donors (Lipinski definition) is 1. The number of piperidine rings is 1. The van der Waals surface area contributed by atoms with Crippen LogP contribution in [0.1, 0.15) is 23.2 Å². The van der Waals surface area contributed by atoms with Crippen LogP contribution in [-0.4, -0.2) is 40.5 Å². The normalized spacial score (nSPS) is 16.2. The lowest BCUT2D eigenvalue weighted by Gasteiger charge is -2.31. The SMILES string of the molecule is O=C(c1cc([N+](=O)[O-])ccc1I)N1CCC(CO)CC1. The van der Waals surface area contributed by atoms with Crippen molar-refractivity contribution in [3.8, 4) is 0 Å². The van der Waals surface area contributed by atoms with E-state index in [2.05, 4.69) is 0 Å². The molecule has 0 bridgehead atoms. The van der Waals surface area contributed by atoms with Crippen LogP contribution >= 0.6 is 22.6 Å². The third kappa shape index (κ3) is 3.26. The Morgan fingerprint density at radius 3 is 2.65 bits per heavy atom. The largest absolute Gasteiger partial charge is 0.396 e. The minimum atomic E-state index is -0.495. The maximum absolute atomic E-state index is 12.4. The Balaban J connectivity index is 2.17. The Morgan fingerprint density at radius 1 is 1.45 bits per heavy atom. The van der Waals surface area contributed by atoms with Crippen LogP contribution in [0.15, 0.2) is 18.2 Å². The molecule has 1 N–H and O–H groups in total. The number of amides is 1. The molecule has 20 heavy (non-hydrogen) atoms. The Hall–Kier alpha value is -1.22.